The second-order valence-corrected chi connectivity index (χ2v) is 14.7. The first kappa shape index (κ1) is 29.5. The van der Waals surface area contributed by atoms with Gasteiger partial charge < -0.3 is 25.5 Å². The number of hydrogen-bond donors (Lipinski definition) is 5. The molecule has 214 valence electrons. The van der Waals surface area contributed by atoms with E-state index < -0.39 is 69.3 Å². The van der Waals surface area contributed by atoms with Crippen molar-refractivity contribution < 1.29 is 39.9 Å². The summed E-state index contributed by atoms with van der Waals surface area (Å²) in [5.74, 6) is -2.60. The standard InChI is InChI=1S/C30H46O8/c1-25(2)15-9-10-19-27(5)13-18(32)23(30(8,38)21(34)12-20(33)26(3,4)37)28(27,6)14-22(35)29(19,7)16(15)11-17(31)24(25)36/h9,16,18-20,23-24,32-33,36-38H,10-14H2,1-8H3/t16-,18-,19+,20-,23+,24+,27+,28-,29+,30+/m1/s1. The number of aliphatic hydroxyl groups is 5. The highest BCUT2D eigenvalue weighted by atomic mass is 16.3. The van der Waals surface area contributed by atoms with Crippen LogP contribution in [0.5, 0.6) is 0 Å². The van der Waals surface area contributed by atoms with Crippen LogP contribution in [-0.2, 0) is 14.4 Å². The third-order valence-corrected chi connectivity index (χ3v) is 11.8. The molecule has 0 aromatic carbocycles. The molecule has 0 saturated heterocycles. The largest absolute Gasteiger partial charge is 0.393 e. The third kappa shape index (κ3) is 3.70. The molecule has 8 nitrogen and oxygen atoms in total. The summed E-state index contributed by atoms with van der Waals surface area (Å²) in [4.78, 5) is 40.5. The number of carbonyl (C=O) groups is 3. The highest BCUT2D eigenvalue weighted by molar-refractivity contribution is 5.93. The maximum absolute atomic E-state index is 14.2. The van der Waals surface area contributed by atoms with Crippen molar-refractivity contribution in [3.05, 3.63) is 11.6 Å². The van der Waals surface area contributed by atoms with Crippen LogP contribution in [0, 0.1) is 39.4 Å². The highest BCUT2D eigenvalue weighted by Gasteiger charge is 2.74. The summed E-state index contributed by atoms with van der Waals surface area (Å²) in [5.41, 5.74) is -5.93. The molecule has 4 aliphatic carbocycles. The van der Waals surface area contributed by atoms with E-state index in [2.05, 4.69) is 6.08 Å². The molecule has 10 atom stereocenters. The molecule has 0 aliphatic heterocycles. The molecule has 0 heterocycles. The zero-order chi connectivity index (χ0) is 29.0. The Hall–Kier alpha value is -1.45. The molecule has 0 radical (unpaired) electrons. The monoisotopic (exact) mass is 534 g/mol. The number of ketones is 3. The van der Waals surface area contributed by atoms with E-state index in [0.717, 1.165) is 5.57 Å². The molecule has 38 heavy (non-hydrogen) atoms. The molecule has 3 saturated carbocycles. The topological polar surface area (TPSA) is 152 Å². The lowest BCUT2D eigenvalue weighted by Gasteiger charge is -2.64. The van der Waals surface area contributed by atoms with Gasteiger partial charge in [-0.2, -0.15) is 0 Å². The lowest BCUT2D eigenvalue weighted by Crippen LogP contribution is -2.65. The van der Waals surface area contributed by atoms with Gasteiger partial charge in [0.25, 0.3) is 0 Å². The predicted molar refractivity (Wildman–Crippen MR) is 140 cm³/mol. The van der Waals surface area contributed by atoms with Crippen LogP contribution in [0.4, 0.5) is 0 Å². The van der Waals surface area contributed by atoms with E-state index in [1.54, 1.807) is 0 Å². The summed E-state index contributed by atoms with van der Waals surface area (Å²) in [5, 5.41) is 54.2. The quantitative estimate of drug-likeness (QED) is 0.336. The Balaban J connectivity index is 1.77. The average molecular weight is 535 g/mol. The van der Waals surface area contributed by atoms with Gasteiger partial charge in [-0.25, -0.2) is 0 Å². The van der Waals surface area contributed by atoms with E-state index in [4.69, 9.17) is 0 Å². The average Bonchev–Trinajstić information content (AvgIpc) is 2.97. The first-order chi connectivity index (χ1) is 17.1. The van der Waals surface area contributed by atoms with E-state index in [9.17, 15) is 39.9 Å². The Labute approximate surface area is 225 Å². The fourth-order valence-electron chi connectivity index (χ4n) is 9.16. The zero-order valence-corrected chi connectivity index (χ0v) is 24.0. The van der Waals surface area contributed by atoms with Gasteiger partial charge in [-0.15, -0.1) is 0 Å². The molecule has 0 aromatic rings. The number of carbonyl (C=O) groups excluding carboxylic acids is 3. The molecule has 0 aromatic heterocycles. The van der Waals surface area contributed by atoms with Gasteiger partial charge in [-0.1, -0.05) is 46.3 Å². The maximum Gasteiger partial charge on any atom is 0.167 e. The molecule has 0 spiro atoms. The number of Topliss-reactive ketones (excluding diaryl/α,β-unsaturated/α-hetero) is 3. The Bertz CT molecular complexity index is 1080. The predicted octanol–water partition coefficient (Wildman–Crippen LogP) is 2.12. The van der Waals surface area contributed by atoms with Crippen molar-refractivity contribution in [2.45, 2.75) is 117 Å². The van der Waals surface area contributed by atoms with Crippen LogP contribution in [0.1, 0.15) is 87.5 Å². The molecule has 4 rings (SSSR count). The van der Waals surface area contributed by atoms with Crippen LogP contribution in [0.25, 0.3) is 0 Å². The molecule has 0 amide bonds. The summed E-state index contributed by atoms with van der Waals surface area (Å²) >= 11 is 0. The van der Waals surface area contributed by atoms with Gasteiger partial charge in [0, 0.05) is 36.0 Å². The SMILES string of the molecule is CC(C)(O)[C@H](O)CC(=O)[C@](C)(O)[C@H]1[C@H](O)C[C@@]2(C)[C@@H]3CC=C4[C@@H](CC(=O)[C@H](O)C4(C)C)[C@]3(C)C(=O)C[C@]12C. The third-order valence-electron chi connectivity index (χ3n) is 11.8. The highest BCUT2D eigenvalue weighted by Crippen LogP contribution is 2.74. The van der Waals surface area contributed by atoms with E-state index in [-0.39, 0.29) is 42.7 Å². The van der Waals surface area contributed by atoms with Gasteiger partial charge in [-0.05, 0) is 56.3 Å². The van der Waals surface area contributed by atoms with Crippen LogP contribution >= 0.6 is 0 Å². The first-order valence-electron chi connectivity index (χ1n) is 13.9. The van der Waals surface area contributed by atoms with Gasteiger partial charge in [0.1, 0.15) is 17.5 Å². The summed E-state index contributed by atoms with van der Waals surface area (Å²) in [6.07, 6.45) is -1.12. The molecule has 0 unspecified atom stereocenters. The van der Waals surface area contributed by atoms with Crippen LogP contribution in [0.2, 0.25) is 0 Å². The van der Waals surface area contributed by atoms with Gasteiger partial charge in [-0.3, -0.25) is 14.4 Å². The smallest absolute Gasteiger partial charge is 0.167 e. The van der Waals surface area contributed by atoms with E-state index in [1.807, 2.05) is 34.6 Å². The van der Waals surface area contributed by atoms with Crippen LogP contribution in [-0.4, -0.2) is 72.4 Å². The van der Waals surface area contributed by atoms with E-state index in [1.165, 1.54) is 20.8 Å². The minimum atomic E-state index is -2.05. The molecule has 4 aliphatic rings. The van der Waals surface area contributed by atoms with E-state index >= 15 is 0 Å². The van der Waals surface area contributed by atoms with Crippen molar-refractivity contribution in [3.63, 3.8) is 0 Å². The van der Waals surface area contributed by atoms with Gasteiger partial charge >= 0.3 is 0 Å². The molecule has 3 fully saturated rings. The minimum absolute atomic E-state index is 0.0245. The second kappa shape index (κ2) is 8.53. The van der Waals surface area contributed by atoms with Crippen LogP contribution in [0.15, 0.2) is 11.6 Å². The zero-order valence-electron chi connectivity index (χ0n) is 24.0. The first-order valence-corrected chi connectivity index (χ1v) is 13.9. The molecule has 0 bridgehead atoms. The molecular weight excluding hydrogens is 488 g/mol. The number of allylic oxidation sites excluding steroid dienone is 1. The number of rotatable bonds is 5. The van der Waals surface area contributed by atoms with Crippen molar-refractivity contribution >= 4 is 17.3 Å². The number of aliphatic hydroxyl groups excluding tert-OH is 3. The minimum Gasteiger partial charge on any atom is -0.393 e. The summed E-state index contributed by atoms with van der Waals surface area (Å²) in [6, 6.07) is 0. The van der Waals surface area contributed by atoms with Crippen molar-refractivity contribution in [1.82, 2.24) is 0 Å². The summed E-state index contributed by atoms with van der Waals surface area (Å²) in [6.45, 7) is 13.6. The Morgan fingerprint density at radius 1 is 1.05 bits per heavy atom. The fraction of sp³-hybridized carbons (Fsp3) is 0.833. The Kier molecular flexibility index (Phi) is 6.63. The van der Waals surface area contributed by atoms with Crippen LogP contribution in [0.3, 0.4) is 0 Å². The van der Waals surface area contributed by atoms with Gasteiger partial charge in [0.05, 0.1) is 17.8 Å². The Morgan fingerprint density at radius 2 is 1.63 bits per heavy atom. The normalized spacial score (nSPS) is 44.9. The van der Waals surface area contributed by atoms with Crippen molar-refractivity contribution in [2.75, 3.05) is 0 Å². The summed E-state index contributed by atoms with van der Waals surface area (Å²) in [7, 11) is 0. The number of fused-ring (bicyclic) bond motifs is 5. The molecule has 5 N–H and O–H groups in total. The fourth-order valence-corrected chi connectivity index (χ4v) is 9.16. The van der Waals surface area contributed by atoms with Crippen molar-refractivity contribution in [1.29, 1.82) is 0 Å². The Morgan fingerprint density at radius 3 is 2.18 bits per heavy atom. The maximum atomic E-state index is 14.2. The van der Waals surface area contributed by atoms with Crippen molar-refractivity contribution in [3.8, 4) is 0 Å². The molecule has 8 heteroatoms. The van der Waals surface area contributed by atoms with Gasteiger partial charge in [0.15, 0.2) is 11.6 Å². The summed E-state index contributed by atoms with van der Waals surface area (Å²) < 4.78 is 0. The van der Waals surface area contributed by atoms with Crippen LogP contribution < -0.4 is 0 Å². The number of hydrogen-bond acceptors (Lipinski definition) is 8. The second-order valence-electron chi connectivity index (χ2n) is 14.7. The molecular formula is C30H46O8. The van der Waals surface area contributed by atoms with Crippen molar-refractivity contribution in [2.24, 2.45) is 39.4 Å². The lowest BCUT2D eigenvalue weighted by molar-refractivity contribution is -0.185. The van der Waals surface area contributed by atoms with Gasteiger partial charge in [0.2, 0.25) is 0 Å². The lowest BCUT2D eigenvalue weighted by atomic mass is 9.38. The van der Waals surface area contributed by atoms with E-state index in [0.29, 0.717) is 6.42 Å².